The maximum atomic E-state index is 12.4. The van der Waals surface area contributed by atoms with Crippen molar-refractivity contribution in [1.82, 2.24) is 5.32 Å². The van der Waals surface area contributed by atoms with E-state index in [0.29, 0.717) is 13.0 Å². The quantitative estimate of drug-likeness (QED) is 0.553. The monoisotopic (exact) mass is 357 g/mol. The Morgan fingerprint density at radius 2 is 1.63 bits per heavy atom. The molecule has 1 amide bonds. The van der Waals surface area contributed by atoms with Gasteiger partial charge in [-0.3, -0.25) is 4.79 Å². The molecule has 0 aliphatic heterocycles. The van der Waals surface area contributed by atoms with Gasteiger partial charge in [0.05, 0.1) is 13.0 Å². The number of fused-ring (bicyclic) bond motifs is 3. The summed E-state index contributed by atoms with van der Waals surface area (Å²) in [6, 6.07) is 22.6. The first-order valence-electron chi connectivity index (χ1n) is 9.39. The maximum absolute atomic E-state index is 12.4. The number of hydrogen-bond acceptors (Lipinski definition) is 2. The molecule has 0 saturated carbocycles. The Morgan fingerprint density at radius 1 is 0.889 bits per heavy atom. The second-order valence-electron chi connectivity index (χ2n) is 7.03. The first-order chi connectivity index (χ1) is 13.2. The van der Waals surface area contributed by atoms with E-state index in [4.69, 9.17) is 5.11 Å². The van der Waals surface area contributed by atoms with Crippen LogP contribution in [0, 0.1) is 0 Å². The van der Waals surface area contributed by atoms with Gasteiger partial charge < -0.3 is 10.4 Å². The highest BCUT2D eigenvalue weighted by atomic mass is 16.3. The van der Waals surface area contributed by atoms with E-state index in [9.17, 15) is 4.79 Å². The molecule has 0 unspecified atom stereocenters. The molecule has 3 nitrogen and oxygen atoms in total. The van der Waals surface area contributed by atoms with Crippen LogP contribution in [0.15, 0.2) is 66.7 Å². The molecule has 1 aliphatic carbocycles. The molecule has 0 radical (unpaired) electrons. The predicted molar refractivity (Wildman–Crippen MR) is 107 cm³/mol. The van der Waals surface area contributed by atoms with Crippen molar-refractivity contribution in [1.29, 1.82) is 0 Å². The molecular weight excluding hydrogens is 334 g/mol. The molecule has 4 rings (SSSR count). The summed E-state index contributed by atoms with van der Waals surface area (Å²) in [5, 5.41) is 12.1. The summed E-state index contributed by atoms with van der Waals surface area (Å²) in [6.45, 7) is 0.675. The molecule has 27 heavy (non-hydrogen) atoms. The van der Waals surface area contributed by atoms with Crippen LogP contribution in [0.5, 0.6) is 0 Å². The van der Waals surface area contributed by atoms with Gasteiger partial charge in [0.2, 0.25) is 5.91 Å². The van der Waals surface area contributed by atoms with Crippen LogP contribution in [0.25, 0.3) is 11.1 Å². The second-order valence-corrected chi connectivity index (χ2v) is 7.03. The van der Waals surface area contributed by atoms with Crippen LogP contribution in [-0.2, 0) is 30.7 Å². The van der Waals surface area contributed by atoms with Crippen LogP contribution < -0.4 is 5.32 Å². The Labute approximate surface area is 159 Å². The van der Waals surface area contributed by atoms with Crippen molar-refractivity contribution in [3.8, 4) is 11.1 Å². The largest absolute Gasteiger partial charge is 0.392 e. The molecule has 3 aromatic rings. The minimum atomic E-state index is 0.0578. The lowest BCUT2D eigenvalue weighted by molar-refractivity contribution is -0.120. The summed E-state index contributed by atoms with van der Waals surface area (Å²) in [5.74, 6) is 0.0614. The van der Waals surface area contributed by atoms with Gasteiger partial charge in [-0.1, -0.05) is 66.7 Å². The van der Waals surface area contributed by atoms with Gasteiger partial charge in [0, 0.05) is 6.54 Å². The lowest BCUT2D eigenvalue weighted by atomic mass is 9.99. The number of benzene rings is 3. The highest BCUT2D eigenvalue weighted by molar-refractivity contribution is 5.83. The number of amides is 1. The van der Waals surface area contributed by atoms with Gasteiger partial charge in [0.25, 0.3) is 0 Å². The van der Waals surface area contributed by atoms with Crippen molar-refractivity contribution < 1.29 is 9.90 Å². The highest BCUT2D eigenvalue weighted by Crippen LogP contribution is 2.38. The lowest BCUT2D eigenvalue weighted by Crippen LogP contribution is -2.27. The van der Waals surface area contributed by atoms with Gasteiger partial charge in [-0.2, -0.15) is 0 Å². The zero-order valence-corrected chi connectivity index (χ0v) is 15.2. The zero-order valence-electron chi connectivity index (χ0n) is 15.2. The molecule has 136 valence electrons. The smallest absolute Gasteiger partial charge is 0.224 e. The van der Waals surface area contributed by atoms with E-state index < -0.39 is 0 Å². The minimum absolute atomic E-state index is 0.0578. The first kappa shape index (κ1) is 17.5. The number of aliphatic hydroxyl groups is 1. The van der Waals surface area contributed by atoms with Gasteiger partial charge in [-0.25, -0.2) is 0 Å². The van der Waals surface area contributed by atoms with Crippen molar-refractivity contribution in [2.45, 2.75) is 25.9 Å². The van der Waals surface area contributed by atoms with Crippen molar-refractivity contribution in [2.75, 3.05) is 6.54 Å². The molecule has 0 atom stereocenters. The lowest BCUT2D eigenvalue weighted by Gasteiger charge is -2.10. The Balaban J connectivity index is 1.36. The van der Waals surface area contributed by atoms with Crippen molar-refractivity contribution >= 4 is 5.91 Å². The Hall–Kier alpha value is -2.91. The molecule has 0 fully saturated rings. The van der Waals surface area contributed by atoms with Crippen LogP contribution in [0.4, 0.5) is 0 Å². The SMILES string of the molecule is O=C(Cc1cccc2c1Cc1ccccc1-2)NCCc1ccc(CO)cc1. The molecule has 0 aromatic heterocycles. The third kappa shape index (κ3) is 3.79. The summed E-state index contributed by atoms with van der Waals surface area (Å²) in [5.41, 5.74) is 8.36. The van der Waals surface area contributed by atoms with E-state index in [2.05, 4.69) is 41.7 Å². The van der Waals surface area contributed by atoms with Crippen LogP contribution in [-0.4, -0.2) is 17.6 Å². The molecule has 0 bridgehead atoms. The fraction of sp³-hybridized carbons (Fsp3) is 0.208. The fourth-order valence-corrected chi connectivity index (χ4v) is 3.78. The number of rotatable bonds is 6. The predicted octanol–water partition coefficient (Wildman–Crippen LogP) is 3.65. The average molecular weight is 357 g/mol. The third-order valence-electron chi connectivity index (χ3n) is 5.24. The van der Waals surface area contributed by atoms with E-state index in [0.717, 1.165) is 29.5 Å². The molecule has 0 heterocycles. The van der Waals surface area contributed by atoms with Gasteiger partial charge in [-0.05, 0) is 51.8 Å². The molecule has 1 aliphatic rings. The van der Waals surface area contributed by atoms with Gasteiger partial charge in [0.15, 0.2) is 0 Å². The normalized spacial score (nSPS) is 11.7. The van der Waals surface area contributed by atoms with Crippen LogP contribution in [0.2, 0.25) is 0 Å². The van der Waals surface area contributed by atoms with Gasteiger partial charge in [-0.15, -0.1) is 0 Å². The number of carbonyl (C=O) groups is 1. The summed E-state index contributed by atoms with van der Waals surface area (Å²) in [6.07, 6.45) is 2.11. The van der Waals surface area contributed by atoms with E-state index in [1.165, 1.54) is 22.3 Å². The Morgan fingerprint density at radius 3 is 2.44 bits per heavy atom. The van der Waals surface area contributed by atoms with Gasteiger partial charge >= 0.3 is 0 Å². The zero-order chi connectivity index (χ0) is 18.6. The molecule has 3 heteroatoms. The van der Waals surface area contributed by atoms with Crippen molar-refractivity contribution in [2.24, 2.45) is 0 Å². The summed E-state index contributed by atoms with van der Waals surface area (Å²) < 4.78 is 0. The molecule has 3 aromatic carbocycles. The average Bonchev–Trinajstić information content (AvgIpc) is 3.08. The number of carbonyl (C=O) groups excluding carboxylic acids is 1. The van der Waals surface area contributed by atoms with Gasteiger partial charge in [0.1, 0.15) is 0 Å². The molecular formula is C24H23NO2. The summed E-state index contributed by atoms with van der Waals surface area (Å²) >= 11 is 0. The first-order valence-corrected chi connectivity index (χ1v) is 9.39. The third-order valence-corrected chi connectivity index (χ3v) is 5.24. The fourth-order valence-electron chi connectivity index (χ4n) is 3.78. The minimum Gasteiger partial charge on any atom is -0.392 e. The molecule has 0 saturated heterocycles. The Kier molecular flexibility index (Phi) is 5.03. The number of nitrogens with one attached hydrogen (secondary N) is 1. The van der Waals surface area contributed by atoms with Crippen molar-refractivity contribution in [3.05, 3.63) is 94.5 Å². The summed E-state index contributed by atoms with van der Waals surface area (Å²) in [7, 11) is 0. The summed E-state index contributed by atoms with van der Waals surface area (Å²) in [4.78, 5) is 12.4. The van der Waals surface area contributed by atoms with E-state index in [-0.39, 0.29) is 12.5 Å². The number of aliphatic hydroxyl groups excluding tert-OH is 1. The van der Waals surface area contributed by atoms with E-state index >= 15 is 0 Å². The molecule has 2 N–H and O–H groups in total. The van der Waals surface area contributed by atoms with Crippen LogP contribution in [0.1, 0.15) is 27.8 Å². The Bertz CT molecular complexity index is 960. The topological polar surface area (TPSA) is 49.3 Å². The maximum Gasteiger partial charge on any atom is 0.224 e. The van der Waals surface area contributed by atoms with Crippen LogP contribution >= 0.6 is 0 Å². The molecule has 0 spiro atoms. The van der Waals surface area contributed by atoms with E-state index in [1.807, 2.05) is 30.3 Å². The standard InChI is InChI=1S/C24H23NO2/c26-16-18-10-8-17(9-11-18)12-13-25-24(27)15-20-5-3-7-22-21-6-2-1-4-19(21)14-23(20)22/h1-11,26H,12-16H2,(H,25,27). The van der Waals surface area contributed by atoms with Crippen LogP contribution in [0.3, 0.4) is 0 Å². The second kappa shape index (κ2) is 7.77. The van der Waals surface area contributed by atoms with Crippen molar-refractivity contribution in [3.63, 3.8) is 0 Å². The highest BCUT2D eigenvalue weighted by Gasteiger charge is 2.21. The van der Waals surface area contributed by atoms with E-state index in [1.54, 1.807) is 0 Å². The number of hydrogen-bond donors (Lipinski definition) is 2.